The van der Waals surface area contributed by atoms with Gasteiger partial charge < -0.3 is 10.5 Å². The number of rotatable bonds is 4. The number of hydrogen-bond acceptors (Lipinski definition) is 4. The van der Waals surface area contributed by atoms with E-state index in [0.717, 1.165) is 27.3 Å². The zero-order valence-corrected chi connectivity index (χ0v) is 15.1. The van der Waals surface area contributed by atoms with Crippen molar-refractivity contribution >= 4 is 39.7 Å². The average molecular weight is 370 g/mol. The summed E-state index contributed by atoms with van der Waals surface area (Å²) in [6, 6.07) is 15.5. The van der Waals surface area contributed by atoms with Gasteiger partial charge in [0.1, 0.15) is 23.2 Å². The Morgan fingerprint density at radius 2 is 2.04 bits per heavy atom. The number of thiophene rings is 1. The van der Waals surface area contributed by atoms with Crippen LogP contribution >= 0.6 is 22.9 Å². The summed E-state index contributed by atoms with van der Waals surface area (Å²) in [5.74, 6) is 0.810. The van der Waals surface area contributed by atoms with Crippen LogP contribution in [0.4, 0.5) is 5.69 Å². The number of nitrogens with two attached hydrogens (primary N) is 1. The largest absolute Gasteiger partial charge is 0.485 e. The molecule has 25 heavy (non-hydrogen) atoms. The van der Waals surface area contributed by atoms with Gasteiger partial charge in [0, 0.05) is 27.7 Å². The quantitative estimate of drug-likeness (QED) is 0.486. The zero-order chi connectivity index (χ0) is 17.4. The van der Waals surface area contributed by atoms with E-state index in [0.29, 0.717) is 10.7 Å². The summed E-state index contributed by atoms with van der Waals surface area (Å²) >= 11 is 7.85. The van der Waals surface area contributed by atoms with Crippen molar-refractivity contribution in [2.45, 2.75) is 13.0 Å². The number of imidazole rings is 1. The third kappa shape index (κ3) is 3.08. The van der Waals surface area contributed by atoms with Gasteiger partial charge >= 0.3 is 0 Å². The highest BCUT2D eigenvalue weighted by Gasteiger charge is 2.13. The fourth-order valence-electron chi connectivity index (χ4n) is 2.77. The molecule has 0 fully saturated rings. The third-order valence-corrected chi connectivity index (χ3v) is 5.28. The van der Waals surface area contributed by atoms with E-state index in [4.69, 9.17) is 22.1 Å². The van der Waals surface area contributed by atoms with Gasteiger partial charge in [-0.3, -0.25) is 4.57 Å². The molecule has 4 nitrogen and oxygen atoms in total. The van der Waals surface area contributed by atoms with E-state index in [1.54, 1.807) is 17.7 Å². The second-order valence-corrected chi connectivity index (χ2v) is 7.06. The number of anilines is 1. The highest BCUT2D eigenvalue weighted by molar-refractivity contribution is 7.12. The second-order valence-electron chi connectivity index (χ2n) is 5.76. The predicted octanol–water partition coefficient (Wildman–Crippen LogP) is 5.46. The van der Waals surface area contributed by atoms with Gasteiger partial charge in [0.15, 0.2) is 0 Å². The summed E-state index contributed by atoms with van der Waals surface area (Å²) in [6.45, 7) is 1.99. The average Bonchev–Trinajstić information content (AvgIpc) is 3.21. The lowest BCUT2D eigenvalue weighted by Gasteiger charge is -2.15. The smallest absolute Gasteiger partial charge is 0.133 e. The maximum absolute atomic E-state index is 6.25. The van der Waals surface area contributed by atoms with Crippen LogP contribution in [0.3, 0.4) is 0 Å². The molecule has 4 aromatic rings. The summed E-state index contributed by atoms with van der Waals surface area (Å²) in [6.07, 6.45) is 1.67. The maximum atomic E-state index is 6.25. The molecule has 0 bridgehead atoms. The molecule has 0 radical (unpaired) electrons. The lowest BCUT2D eigenvalue weighted by molar-refractivity contribution is 0.228. The van der Waals surface area contributed by atoms with Crippen LogP contribution in [0.1, 0.15) is 18.6 Å². The fourth-order valence-corrected chi connectivity index (χ4v) is 3.87. The summed E-state index contributed by atoms with van der Waals surface area (Å²) in [5.41, 5.74) is 9.39. The predicted molar refractivity (Wildman–Crippen MR) is 104 cm³/mol. The molecule has 126 valence electrons. The third-order valence-electron chi connectivity index (χ3n) is 4.03. The molecule has 0 saturated carbocycles. The molecule has 0 amide bonds. The lowest BCUT2D eigenvalue weighted by Crippen LogP contribution is -2.03. The van der Waals surface area contributed by atoms with Crippen LogP contribution in [0.15, 0.2) is 60.2 Å². The van der Waals surface area contributed by atoms with Crippen LogP contribution in [0.25, 0.3) is 16.0 Å². The molecule has 1 atom stereocenters. The van der Waals surface area contributed by atoms with Crippen LogP contribution in [0, 0.1) is 0 Å². The first-order valence-electron chi connectivity index (χ1n) is 7.84. The minimum atomic E-state index is -0.129. The molecule has 4 rings (SSSR count). The Balaban J connectivity index is 1.60. The number of nitrogens with zero attached hydrogens (tertiary/aromatic N) is 2. The van der Waals surface area contributed by atoms with E-state index in [-0.39, 0.29) is 6.10 Å². The number of benzene rings is 2. The maximum Gasteiger partial charge on any atom is 0.133 e. The molecular weight excluding hydrogens is 354 g/mol. The Kier molecular flexibility index (Phi) is 4.11. The highest BCUT2D eigenvalue weighted by atomic mass is 35.5. The second kappa shape index (κ2) is 6.43. The fraction of sp³-hybridized carbons (Fsp3) is 0.105. The first kappa shape index (κ1) is 16.0. The normalized spacial score (nSPS) is 12.4. The van der Waals surface area contributed by atoms with Crippen molar-refractivity contribution in [2.24, 2.45) is 0 Å². The van der Waals surface area contributed by atoms with Gasteiger partial charge in [-0.25, -0.2) is 4.98 Å². The van der Waals surface area contributed by atoms with Gasteiger partial charge in [-0.2, -0.15) is 0 Å². The molecule has 2 aromatic carbocycles. The first-order chi connectivity index (χ1) is 12.1. The van der Waals surface area contributed by atoms with Crippen LogP contribution in [0.2, 0.25) is 5.02 Å². The van der Waals surface area contributed by atoms with Crippen molar-refractivity contribution in [3.63, 3.8) is 0 Å². The molecule has 0 aliphatic carbocycles. The molecule has 0 aliphatic rings. The van der Waals surface area contributed by atoms with Crippen LogP contribution < -0.4 is 10.5 Å². The molecule has 2 N–H and O–H groups in total. The van der Waals surface area contributed by atoms with Gasteiger partial charge in [-0.15, -0.1) is 11.3 Å². The topological polar surface area (TPSA) is 53.1 Å². The van der Waals surface area contributed by atoms with Crippen molar-refractivity contribution in [1.29, 1.82) is 0 Å². The first-order valence-corrected chi connectivity index (χ1v) is 9.10. The van der Waals surface area contributed by atoms with E-state index in [2.05, 4.69) is 4.98 Å². The summed E-state index contributed by atoms with van der Waals surface area (Å²) in [4.78, 5) is 4.42. The Hall–Kier alpha value is -2.50. The molecule has 1 unspecified atom stereocenters. The standard InChI is InChI=1S/C19H16ClN3OS/c1-12(15-4-2-3-5-16(15)20)24-14-9-19(25-10-14)23-11-22-17-8-13(21)6-7-18(17)23/h2-12H,21H2,1H3. The van der Waals surface area contributed by atoms with Crippen LogP contribution in [-0.2, 0) is 0 Å². The number of hydrogen-bond donors (Lipinski definition) is 1. The molecule has 2 heterocycles. The van der Waals surface area contributed by atoms with Crippen LogP contribution in [-0.4, -0.2) is 9.55 Å². The number of aromatic nitrogens is 2. The number of ether oxygens (including phenoxy) is 1. The number of fused-ring (bicyclic) bond motifs is 1. The van der Waals surface area contributed by atoms with E-state index >= 15 is 0 Å². The summed E-state index contributed by atoms with van der Waals surface area (Å²) in [5, 5.41) is 3.74. The lowest BCUT2D eigenvalue weighted by atomic mass is 10.1. The van der Waals surface area contributed by atoms with Crippen LogP contribution in [0.5, 0.6) is 5.75 Å². The summed E-state index contributed by atoms with van der Waals surface area (Å²) in [7, 11) is 0. The van der Waals surface area contributed by atoms with E-state index in [9.17, 15) is 0 Å². The minimum absolute atomic E-state index is 0.129. The van der Waals surface area contributed by atoms with Gasteiger partial charge in [-0.1, -0.05) is 29.8 Å². The number of halogens is 1. The minimum Gasteiger partial charge on any atom is -0.485 e. The van der Waals surface area contributed by atoms with Gasteiger partial charge in [-0.05, 0) is 31.2 Å². The van der Waals surface area contributed by atoms with Crippen molar-refractivity contribution in [3.05, 3.63) is 70.8 Å². The van der Waals surface area contributed by atoms with Crippen molar-refractivity contribution in [2.75, 3.05) is 5.73 Å². The monoisotopic (exact) mass is 369 g/mol. The summed E-state index contributed by atoms with van der Waals surface area (Å²) < 4.78 is 8.10. The SMILES string of the molecule is CC(Oc1csc(-n2cnc3cc(N)ccc32)c1)c1ccccc1Cl. The molecule has 2 aromatic heterocycles. The van der Waals surface area contributed by atoms with E-state index in [1.165, 1.54) is 0 Å². The van der Waals surface area contributed by atoms with E-state index in [1.807, 2.05) is 65.4 Å². The molecule has 0 saturated heterocycles. The highest BCUT2D eigenvalue weighted by Crippen LogP contribution is 2.32. The van der Waals surface area contributed by atoms with Gasteiger partial charge in [0.05, 0.1) is 11.0 Å². The Morgan fingerprint density at radius 3 is 2.88 bits per heavy atom. The van der Waals surface area contributed by atoms with Gasteiger partial charge in [0.2, 0.25) is 0 Å². The molecular formula is C19H16ClN3OS. The number of nitrogen functional groups attached to an aromatic ring is 1. The van der Waals surface area contributed by atoms with Gasteiger partial charge in [0.25, 0.3) is 0 Å². The Labute approximate surface area is 154 Å². The van der Waals surface area contributed by atoms with Crippen molar-refractivity contribution in [3.8, 4) is 10.8 Å². The zero-order valence-electron chi connectivity index (χ0n) is 13.5. The van der Waals surface area contributed by atoms with E-state index < -0.39 is 0 Å². The Bertz CT molecular complexity index is 1040. The van der Waals surface area contributed by atoms with Crippen molar-refractivity contribution < 1.29 is 4.74 Å². The molecule has 0 spiro atoms. The Morgan fingerprint density at radius 1 is 1.20 bits per heavy atom. The molecule has 6 heteroatoms. The molecule has 0 aliphatic heterocycles. The van der Waals surface area contributed by atoms with Crippen molar-refractivity contribution in [1.82, 2.24) is 9.55 Å².